The standard InChI is InChI=1S/C16H22BrFN2O2/c1-16(2,3)22-15(21)20-8-4-5-12(20)10-19-14-9-11(18)6-7-13(14)17/h6-7,9,12,19H,4-5,8,10H2,1-3H3. The number of carbonyl (C=O) groups excluding carboxylic acids is 1. The highest BCUT2D eigenvalue weighted by Crippen LogP contribution is 2.25. The molecule has 1 amide bonds. The van der Waals surface area contributed by atoms with Gasteiger partial charge >= 0.3 is 6.09 Å². The summed E-state index contributed by atoms with van der Waals surface area (Å²) in [6, 6.07) is 4.57. The number of nitrogens with one attached hydrogen (secondary N) is 1. The van der Waals surface area contributed by atoms with Crippen molar-refractivity contribution in [1.29, 1.82) is 0 Å². The van der Waals surface area contributed by atoms with E-state index >= 15 is 0 Å². The number of amides is 1. The molecule has 0 saturated carbocycles. The summed E-state index contributed by atoms with van der Waals surface area (Å²) in [5, 5.41) is 3.21. The van der Waals surface area contributed by atoms with Gasteiger partial charge in [0.25, 0.3) is 0 Å². The Balaban J connectivity index is 1.97. The van der Waals surface area contributed by atoms with E-state index in [1.54, 1.807) is 11.0 Å². The van der Waals surface area contributed by atoms with Gasteiger partial charge in [0.1, 0.15) is 11.4 Å². The molecule has 4 nitrogen and oxygen atoms in total. The van der Waals surface area contributed by atoms with E-state index in [2.05, 4.69) is 21.2 Å². The Morgan fingerprint density at radius 2 is 2.23 bits per heavy atom. The average Bonchev–Trinajstić information content (AvgIpc) is 2.86. The lowest BCUT2D eigenvalue weighted by Crippen LogP contribution is -2.42. The van der Waals surface area contributed by atoms with Crippen LogP contribution >= 0.6 is 15.9 Å². The first-order valence-electron chi connectivity index (χ1n) is 7.45. The first kappa shape index (κ1) is 17.1. The molecule has 1 aliphatic rings. The second-order valence-corrected chi connectivity index (χ2v) is 7.33. The molecule has 1 unspecified atom stereocenters. The van der Waals surface area contributed by atoms with Gasteiger partial charge in [0.05, 0.1) is 11.7 Å². The Kier molecular flexibility index (Phi) is 5.32. The van der Waals surface area contributed by atoms with Gasteiger partial charge in [-0.15, -0.1) is 0 Å². The van der Waals surface area contributed by atoms with Crippen LogP contribution < -0.4 is 5.32 Å². The van der Waals surface area contributed by atoms with Crippen LogP contribution in [0.4, 0.5) is 14.9 Å². The number of carbonyl (C=O) groups is 1. The monoisotopic (exact) mass is 372 g/mol. The van der Waals surface area contributed by atoms with Crippen LogP contribution in [0.15, 0.2) is 22.7 Å². The third-order valence-corrected chi connectivity index (χ3v) is 4.15. The molecule has 1 aliphatic heterocycles. The summed E-state index contributed by atoms with van der Waals surface area (Å²) in [4.78, 5) is 14.0. The Morgan fingerprint density at radius 3 is 2.91 bits per heavy atom. The molecule has 0 aromatic heterocycles. The van der Waals surface area contributed by atoms with Gasteiger partial charge in [-0.3, -0.25) is 0 Å². The summed E-state index contributed by atoms with van der Waals surface area (Å²) in [7, 11) is 0. The number of benzene rings is 1. The predicted molar refractivity (Wildman–Crippen MR) is 88.6 cm³/mol. The molecule has 0 bridgehead atoms. The molecule has 6 heteroatoms. The quantitative estimate of drug-likeness (QED) is 0.854. The Bertz CT molecular complexity index is 545. The number of halogens is 2. The first-order chi connectivity index (χ1) is 10.3. The highest BCUT2D eigenvalue weighted by molar-refractivity contribution is 9.10. The smallest absolute Gasteiger partial charge is 0.410 e. The molecule has 0 radical (unpaired) electrons. The van der Waals surface area contributed by atoms with E-state index < -0.39 is 5.60 Å². The van der Waals surface area contributed by atoms with Crippen molar-refractivity contribution >= 4 is 27.7 Å². The van der Waals surface area contributed by atoms with Crippen LogP contribution in [0.25, 0.3) is 0 Å². The molecule has 1 fully saturated rings. The first-order valence-corrected chi connectivity index (χ1v) is 8.24. The lowest BCUT2D eigenvalue weighted by atomic mass is 10.2. The second-order valence-electron chi connectivity index (χ2n) is 6.47. The second kappa shape index (κ2) is 6.86. The minimum absolute atomic E-state index is 0.0602. The number of ether oxygens (including phenoxy) is 1. The molecule has 1 heterocycles. The number of hydrogen-bond acceptors (Lipinski definition) is 3. The van der Waals surface area contributed by atoms with Crippen molar-refractivity contribution in [2.45, 2.75) is 45.3 Å². The summed E-state index contributed by atoms with van der Waals surface area (Å²) in [5.41, 5.74) is 0.194. The molecular formula is C16H22BrFN2O2. The van der Waals surface area contributed by atoms with Crippen molar-refractivity contribution in [2.75, 3.05) is 18.4 Å². The van der Waals surface area contributed by atoms with Crippen LogP contribution in [0.3, 0.4) is 0 Å². The van der Waals surface area contributed by atoms with Crippen molar-refractivity contribution in [3.8, 4) is 0 Å². The van der Waals surface area contributed by atoms with Crippen LogP contribution in [0.2, 0.25) is 0 Å². The summed E-state index contributed by atoms with van der Waals surface area (Å²) in [5.74, 6) is -0.291. The molecule has 122 valence electrons. The molecule has 1 saturated heterocycles. The molecule has 0 aliphatic carbocycles. The molecule has 22 heavy (non-hydrogen) atoms. The summed E-state index contributed by atoms with van der Waals surface area (Å²) in [6.45, 7) is 6.85. The highest BCUT2D eigenvalue weighted by atomic mass is 79.9. The molecule has 0 spiro atoms. The fourth-order valence-electron chi connectivity index (χ4n) is 2.47. The van der Waals surface area contributed by atoms with Gasteiger partial charge in [-0.1, -0.05) is 0 Å². The molecule has 2 rings (SSSR count). The summed E-state index contributed by atoms with van der Waals surface area (Å²) < 4.78 is 19.5. The van der Waals surface area contributed by atoms with Crippen molar-refractivity contribution in [3.63, 3.8) is 0 Å². The van der Waals surface area contributed by atoms with Gasteiger partial charge < -0.3 is 15.0 Å². The normalized spacial score (nSPS) is 18.4. The van der Waals surface area contributed by atoms with E-state index in [9.17, 15) is 9.18 Å². The third kappa shape index (κ3) is 4.60. The number of rotatable bonds is 3. The number of hydrogen-bond donors (Lipinski definition) is 1. The van der Waals surface area contributed by atoms with Gasteiger partial charge in [0, 0.05) is 17.6 Å². The van der Waals surface area contributed by atoms with E-state index in [0.29, 0.717) is 18.8 Å². The van der Waals surface area contributed by atoms with E-state index in [1.165, 1.54) is 12.1 Å². The third-order valence-electron chi connectivity index (χ3n) is 3.46. The topological polar surface area (TPSA) is 41.6 Å². The van der Waals surface area contributed by atoms with Gasteiger partial charge in [0.15, 0.2) is 0 Å². The van der Waals surface area contributed by atoms with Crippen LogP contribution in [0.5, 0.6) is 0 Å². The number of likely N-dealkylation sites (tertiary alicyclic amines) is 1. The average molecular weight is 373 g/mol. The number of anilines is 1. The minimum atomic E-state index is -0.497. The Labute approximate surface area is 139 Å². The van der Waals surface area contributed by atoms with E-state index in [-0.39, 0.29) is 18.0 Å². The zero-order chi connectivity index (χ0) is 16.3. The van der Waals surface area contributed by atoms with Crippen LogP contribution in [-0.2, 0) is 4.74 Å². The maximum absolute atomic E-state index is 13.3. The Morgan fingerprint density at radius 1 is 1.50 bits per heavy atom. The zero-order valence-corrected chi connectivity index (χ0v) is 14.7. The lowest BCUT2D eigenvalue weighted by molar-refractivity contribution is 0.0235. The highest BCUT2D eigenvalue weighted by Gasteiger charge is 2.31. The van der Waals surface area contributed by atoms with E-state index in [4.69, 9.17) is 4.74 Å². The van der Waals surface area contributed by atoms with Gasteiger partial charge in [-0.05, 0) is 67.7 Å². The molecule has 1 aromatic rings. The number of nitrogens with zero attached hydrogens (tertiary/aromatic N) is 1. The van der Waals surface area contributed by atoms with Gasteiger partial charge in [-0.2, -0.15) is 0 Å². The SMILES string of the molecule is CC(C)(C)OC(=O)N1CCCC1CNc1cc(F)ccc1Br. The van der Waals surface area contributed by atoms with Crippen LogP contribution in [0.1, 0.15) is 33.6 Å². The maximum Gasteiger partial charge on any atom is 0.410 e. The summed E-state index contributed by atoms with van der Waals surface area (Å²) in [6.07, 6.45) is 1.59. The van der Waals surface area contributed by atoms with Crippen LogP contribution in [0, 0.1) is 5.82 Å². The maximum atomic E-state index is 13.3. The van der Waals surface area contributed by atoms with Crippen molar-refractivity contribution < 1.29 is 13.9 Å². The largest absolute Gasteiger partial charge is 0.444 e. The van der Waals surface area contributed by atoms with Gasteiger partial charge in [0.2, 0.25) is 0 Å². The lowest BCUT2D eigenvalue weighted by Gasteiger charge is -2.29. The van der Waals surface area contributed by atoms with Crippen molar-refractivity contribution in [1.82, 2.24) is 4.90 Å². The van der Waals surface area contributed by atoms with E-state index in [1.807, 2.05) is 20.8 Å². The fraction of sp³-hybridized carbons (Fsp3) is 0.562. The fourth-order valence-corrected chi connectivity index (χ4v) is 2.86. The molecule has 1 aromatic carbocycles. The molecule has 1 N–H and O–H groups in total. The van der Waals surface area contributed by atoms with Crippen molar-refractivity contribution in [3.05, 3.63) is 28.5 Å². The summed E-state index contributed by atoms with van der Waals surface area (Å²) >= 11 is 3.39. The van der Waals surface area contributed by atoms with Gasteiger partial charge in [-0.25, -0.2) is 9.18 Å². The predicted octanol–water partition coefficient (Wildman–Crippen LogP) is 4.40. The Hall–Kier alpha value is -1.30. The van der Waals surface area contributed by atoms with Crippen molar-refractivity contribution in [2.24, 2.45) is 0 Å². The van der Waals surface area contributed by atoms with Crippen LogP contribution in [-0.4, -0.2) is 35.7 Å². The molecular weight excluding hydrogens is 351 g/mol. The van der Waals surface area contributed by atoms with E-state index in [0.717, 1.165) is 17.3 Å². The minimum Gasteiger partial charge on any atom is -0.444 e. The molecule has 1 atom stereocenters. The zero-order valence-electron chi connectivity index (χ0n) is 13.2.